The standard InChI is InChI=1S/C15H19FN2/c1-10(2)18-9-11(8-17-13-4-5-13)14-6-3-12(16)7-15(14)18/h3,6-7,9-10,13,17H,4-5,8H2,1-2H3. The molecule has 18 heavy (non-hydrogen) atoms. The third-order valence-corrected chi connectivity index (χ3v) is 3.59. The Morgan fingerprint density at radius 3 is 2.83 bits per heavy atom. The number of aromatic nitrogens is 1. The van der Waals surface area contributed by atoms with Gasteiger partial charge in [-0.15, -0.1) is 0 Å². The van der Waals surface area contributed by atoms with Crippen molar-refractivity contribution in [1.29, 1.82) is 0 Å². The molecule has 3 rings (SSSR count). The Bertz CT molecular complexity index is 567. The van der Waals surface area contributed by atoms with Crippen LogP contribution in [0.15, 0.2) is 24.4 Å². The molecule has 1 aromatic heterocycles. The highest BCUT2D eigenvalue weighted by molar-refractivity contribution is 5.84. The Labute approximate surface area is 107 Å². The summed E-state index contributed by atoms with van der Waals surface area (Å²) in [4.78, 5) is 0. The van der Waals surface area contributed by atoms with E-state index in [2.05, 4.69) is 29.9 Å². The molecule has 0 atom stereocenters. The van der Waals surface area contributed by atoms with Gasteiger partial charge in [-0.2, -0.15) is 0 Å². The Morgan fingerprint density at radius 1 is 1.39 bits per heavy atom. The van der Waals surface area contributed by atoms with Gasteiger partial charge in [-0.3, -0.25) is 0 Å². The molecule has 3 heteroatoms. The van der Waals surface area contributed by atoms with Gasteiger partial charge in [0.1, 0.15) is 5.82 Å². The predicted molar refractivity (Wildman–Crippen MR) is 72.1 cm³/mol. The van der Waals surface area contributed by atoms with Crippen molar-refractivity contribution >= 4 is 10.9 Å². The molecule has 1 heterocycles. The van der Waals surface area contributed by atoms with Gasteiger partial charge in [0.05, 0.1) is 5.52 Å². The first kappa shape index (κ1) is 11.7. The van der Waals surface area contributed by atoms with E-state index in [1.807, 2.05) is 6.07 Å². The van der Waals surface area contributed by atoms with E-state index < -0.39 is 0 Å². The van der Waals surface area contributed by atoms with Crippen LogP contribution in [0, 0.1) is 5.82 Å². The van der Waals surface area contributed by atoms with E-state index in [0.717, 1.165) is 12.1 Å². The lowest BCUT2D eigenvalue weighted by atomic mass is 10.1. The van der Waals surface area contributed by atoms with Crippen molar-refractivity contribution in [2.75, 3.05) is 0 Å². The molecule has 0 bridgehead atoms. The fraction of sp³-hybridized carbons (Fsp3) is 0.467. The molecule has 96 valence electrons. The van der Waals surface area contributed by atoms with Crippen molar-refractivity contribution in [3.63, 3.8) is 0 Å². The zero-order valence-electron chi connectivity index (χ0n) is 10.9. The van der Waals surface area contributed by atoms with Crippen LogP contribution in [0.5, 0.6) is 0 Å². The summed E-state index contributed by atoms with van der Waals surface area (Å²) in [6.45, 7) is 5.14. The van der Waals surface area contributed by atoms with Crippen molar-refractivity contribution in [2.24, 2.45) is 0 Å². The van der Waals surface area contributed by atoms with Gasteiger partial charge in [-0.05, 0) is 50.5 Å². The molecule has 1 aromatic carbocycles. The minimum Gasteiger partial charge on any atom is -0.345 e. The van der Waals surface area contributed by atoms with Crippen LogP contribution in [0.2, 0.25) is 0 Å². The van der Waals surface area contributed by atoms with Gasteiger partial charge in [0.2, 0.25) is 0 Å². The van der Waals surface area contributed by atoms with Gasteiger partial charge in [-0.1, -0.05) is 0 Å². The first-order valence-electron chi connectivity index (χ1n) is 6.67. The number of fused-ring (bicyclic) bond motifs is 1. The number of benzene rings is 1. The summed E-state index contributed by atoms with van der Waals surface area (Å²) in [7, 11) is 0. The number of nitrogens with zero attached hydrogens (tertiary/aromatic N) is 1. The highest BCUT2D eigenvalue weighted by Gasteiger charge is 2.21. The zero-order valence-corrected chi connectivity index (χ0v) is 10.9. The van der Waals surface area contributed by atoms with Crippen molar-refractivity contribution in [1.82, 2.24) is 9.88 Å². The topological polar surface area (TPSA) is 17.0 Å². The minimum absolute atomic E-state index is 0.163. The first-order chi connectivity index (χ1) is 8.65. The molecular formula is C15H19FN2. The molecule has 1 saturated carbocycles. The molecule has 1 aliphatic rings. The number of halogens is 1. The summed E-state index contributed by atoms with van der Waals surface area (Å²) < 4.78 is 15.5. The van der Waals surface area contributed by atoms with Crippen LogP contribution in [-0.2, 0) is 6.54 Å². The van der Waals surface area contributed by atoms with E-state index in [0.29, 0.717) is 12.1 Å². The van der Waals surface area contributed by atoms with E-state index >= 15 is 0 Å². The van der Waals surface area contributed by atoms with Crippen molar-refractivity contribution in [2.45, 2.75) is 45.3 Å². The van der Waals surface area contributed by atoms with E-state index in [1.165, 1.54) is 23.8 Å². The fourth-order valence-corrected chi connectivity index (χ4v) is 2.41. The van der Waals surface area contributed by atoms with Crippen LogP contribution in [0.1, 0.15) is 38.3 Å². The van der Waals surface area contributed by atoms with Crippen LogP contribution < -0.4 is 5.32 Å². The molecular weight excluding hydrogens is 227 g/mol. The molecule has 0 aliphatic heterocycles. The van der Waals surface area contributed by atoms with Gasteiger partial charge in [-0.25, -0.2) is 4.39 Å². The van der Waals surface area contributed by atoms with Gasteiger partial charge in [0, 0.05) is 30.2 Å². The lowest BCUT2D eigenvalue weighted by Gasteiger charge is -2.08. The SMILES string of the molecule is CC(C)n1cc(CNC2CC2)c2ccc(F)cc21. The summed E-state index contributed by atoms with van der Waals surface area (Å²) in [5, 5.41) is 4.69. The normalized spacial score (nSPS) is 15.8. The minimum atomic E-state index is -0.163. The van der Waals surface area contributed by atoms with Gasteiger partial charge in [0.25, 0.3) is 0 Å². The quantitative estimate of drug-likeness (QED) is 0.872. The molecule has 2 aromatic rings. The molecule has 2 nitrogen and oxygen atoms in total. The molecule has 0 radical (unpaired) electrons. The van der Waals surface area contributed by atoms with E-state index in [-0.39, 0.29) is 5.82 Å². The summed E-state index contributed by atoms with van der Waals surface area (Å²) in [6, 6.07) is 6.13. The average Bonchev–Trinajstić information content (AvgIpc) is 3.08. The zero-order chi connectivity index (χ0) is 12.7. The smallest absolute Gasteiger partial charge is 0.125 e. The van der Waals surface area contributed by atoms with Crippen molar-refractivity contribution < 1.29 is 4.39 Å². The second-order valence-electron chi connectivity index (χ2n) is 5.47. The number of nitrogens with one attached hydrogen (secondary N) is 1. The molecule has 1 N–H and O–H groups in total. The molecule has 0 amide bonds. The highest BCUT2D eigenvalue weighted by atomic mass is 19.1. The average molecular weight is 246 g/mol. The van der Waals surface area contributed by atoms with Gasteiger partial charge in [0.15, 0.2) is 0 Å². The molecule has 1 aliphatic carbocycles. The second-order valence-corrected chi connectivity index (χ2v) is 5.47. The third kappa shape index (κ3) is 2.15. The Morgan fingerprint density at radius 2 is 2.17 bits per heavy atom. The Hall–Kier alpha value is -1.35. The monoisotopic (exact) mass is 246 g/mol. The van der Waals surface area contributed by atoms with E-state index in [1.54, 1.807) is 12.1 Å². The van der Waals surface area contributed by atoms with E-state index in [9.17, 15) is 4.39 Å². The molecule has 0 spiro atoms. The van der Waals surface area contributed by atoms with Crippen LogP contribution >= 0.6 is 0 Å². The maximum Gasteiger partial charge on any atom is 0.125 e. The molecule has 0 saturated heterocycles. The van der Waals surface area contributed by atoms with Crippen LogP contribution in [0.4, 0.5) is 4.39 Å². The maximum atomic E-state index is 13.4. The summed E-state index contributed by atoms with van der Waals surface area (Å²) in [6.07, 6.45) is 4.74. The third-order valence-electron chi connectivity index (χ3n) is 3.59. The summed E-state index contributed by atoms with van der Waals surface area (Å²) in [5.74, 6) is -0.163. The lowest BCUT2D eigenvalue weighted by Crippen LogP contribution is -2.15. The maximum absolute atomic E-state index is 13.4. The number of hydrogen-bond acceptors (Lipinski definition) is 1. The van der Waals surface area contributed by atoms with Crippen molar-refractivity contribution in [3.05, 3.63) is 35.8 Å². The Balaban J connectivity index is 2.01. The van der Waals surface area contributed by atoms with Crippen LogP contribution in [0.3, 0.4) is 0 Å². The van der Waals surface area contributed by atoms with E-state index in [4.69, 9.17) is 0 Å². The highest BCUT2D eigenvalue weighted by Crippen LogP contribution is 2.27. The van der Waals surface area contributed by atoms with Gasteiger partial charge >= 0.3 is 0 Å². The first-order valence-corrected chi connectivity index (χ1v) is 6.67. The van der Waals surface area contributed by atoms with Crippen molar-refractivity contribution in [3.8, 4) is 0 Å². The Kier molecular flexibility index (Phi) is 2.86. The summed E-state index contributed by atoms with van der Waals surface area (Å²) in [5.41, 5.74) is 2.27. The number of rotatable bonds is 4. The summed E-state index contributed by atoms with van der Waals surface area (Å²) >= 11 is 0. The predicted octanol–water partition coefficient (Wildman–Crippen LogP) is 3.61. The lowest BCUT2D eigenvalue weighted by molar-refractivity contribution is 0.608. The fourth-order valence-electron chi connectivity index (χ4n) is 2.41. The van der Waals surface area contributed by atoms with Crippen LogP contribution in [-0.4, -0.2) is 10.6 Å². The largest absolute Gasteiger partial charge is 0.345 e. The molecule has 1 fully saturated rings. The second kappa shape index (κ2) is 4.39. The molecule has 0 unspecified atom stereocenters. The number of hydrogen-bond donors (Lipinski definition) is 1. The van der Waals surface area contributed by atoms with Crippen LogP contribution in [0.25, 0.3) is 10.9 Å². The van der Waals surface area contributed by atoms with Gasteiger partial charge < -0.3 is 9.88 Å².